The molecule has 0 saturated carbocycles. The zero-order valence-electron chi connectivity index (χ0n) is 14.7. The summed E-state index contributed by atoms with van der Waals surface area (Å²) < 4.78 is 23.0. The van der Waals surface area contributed by atoms with Crippen molar-refractivity contribution in [2.24, 2.45) is 5.73 Å². The number of carbonyl (C=O) groups is 1. The fourth-order valence-corrected chi connectivity index (χ4v) is 5.02. The highest BCUT2D eigenvalue weighted by molar-refractivity contribution is 8.13. The molecule has 0 unspecified atom stereocenters. The summed E-state index contributed by atoms with van der Waals surface area (Å²) in [6, 6.07) is 12.6. The molecule has 6 nitrogen and oxygen atoms in total. The molecule has 1 heterocycles. The van der Waals surface area contributed by atoms with Gasteiger partial charge in [-0.15, -0.1) is 11.3 Å². The van der Waals surface area contributed by atoms with E-state index < -0.39 is 20.6 Å². The fraction of sp³-hybridized carbons (Fsp3) is 0.294. The van der Waals surface area contributed by atoms with Crippen molar-refractivity contribution in [2.45, 2.75) is 35.5 Å². The highest BCUT2D eigenvalue weighted by Crippen LogP contribution is 2.30. The van der Waals surface area contributed by atoms with Crippen molar-refractivity contribution in [1.29, 1.82) is 5.41 Å². The smallest absolute Gasteiger partial charge is 0.345 e. The van der Waals surface area contributed by atoms with Crippen LogP contribution in [0.25, 0.3) is 0 Å². The quantitative estimate of drug-likeness (QED) is 0.516. The zero-order chi connectivity index (χ0) is 20.0. The molecular formula is C17H22N2O4S3. The van der Waals surface area contributed by atoms with Gasteiger partial charge in [-0.1, -0.05) is 42.1 Å². The Morgan fingerprint density at radius 3 is 2.19 bits per heavy atom. The van der Waals surface area contributed by atoms with Gasteiger partial charge in [-0.25, -0.2) is 13.2 Å². The van der Waals surface area contributed by atoms with E-state index in [1.165, 1.54) is 29.5 Å². The lowest BCUT2D eigenvalue weighted by Crippen LogP contribution is -2.27. The van der Waals surface area contributed by atoms with E-state index in [4.69, 9.17) is 16.2 Å². The van der Waals surface area contributed by atoms with Gasteiger partial charge in [0.2, 0.25) is 0 Å². The molecule has 142 valence electrons. The Hall–Kier alpha value is -1.84. The summed E-state index contributed by atoms with van der Waals surface area (Å²) in [6.45, 7) is 4.76. The lowest BCUT2D eigenvalue weighted by atomic mass is 10.2. The molecule has 1 aromatic carbocycles. The number of nitrogens with one attached hydrogen (secondary N) is 1. The predicted molar refractivity (Wildman–Crippen MR) is 108 cm³/mol. The lowest BCUT2D eigenvalue weighted by Gasteiger charge is -2.17. The number of carboxylic acid groups (broad SMARTS) is 1. The number of aromatic carboxylic acids is 1. The number of hydrogen-bond acceptors (Lipinski definition) is 6. The number of sulfone groups is 1. The van der Waals surface area contributed by atoms with Crippen LogP contribution in [-0.4, -0.2) is 29.4 Å². The molecule has 4 N–H and O–H groups in total. The molecular weight excluding hydrogens is 392 g/mol. The molecule has 0 amide bonds. The van der Waals surface area contributed by atoms with Gasteiger partial charge >= 0.3 is 5.97 Å². The molecule has 0 spiro atoms. The third-order valence-electron chi connectivity index (χ3n) is 3.10. The second-order valence-corrected chi connectivity index (χ2v) is 11.2. The summed E-state index contributed by atoms with van der Waals surface area (Å²) in [5.74, 6) is -0.314. The van der Waals surface area contributed by atoms with Gasteiger partial charge in [0, 0.05) is 5.75 Å². The number of thioether (sulfide) groups is 1. The predicted octanol–water partition coefficient (Wildman–Crippen LogP) is 3.83. The number of rotatable bonds is 4. The molecule has 0 aliphatic carbocycles. The van der Waals surface area contributed by atoms with E-state index in [0.29, 0.717) is 0 Å². The maximum atomic E-state index is 11.9. The number of nitrogens with two attached hydrogens (primary N) is 1. The topological polar surface area (TPSA) is 121 Å². The van der Waals surface area contributed by atoms with Crippen molar-refractivity contribution in [3.8, 4) is 0 Å². The Morgan fingerprint density at radius 2 is 1.77 bits per heavy atom. The summed E-state index contributed by atoms with van der Waals surface area (Å²) in [4.78, 5) is 10.6. The molecule has 0 fully saturated rings. The van der Waals surface area contributed by atoms with Crippen LogP contribution < -0.4 is 5.73 Å². The minimum atomic E-state index is -3.43. The van der Waals surface area contributed by atoms with Gasteiger partial charge < -0.3 is 10.8 Å². The summed E-state index contributed by atoms with van der Waals surface area (Å²) in [6.07, 6.45) is 0. The van der Waals surface area contributed by atoms with E-state index >= 15 is 0 Å². The van der Waals surface area contributed by atoms with E-state index in [0.717, 1.165) is 17.1 Å². The van der Waals surface area contributed by atoms with Crippen LogP contribution in [0.1, 0.15) is 36.0 Å². The standard InChI is InChI=1S/C9H12O4S2.C8H10N2S/c1-9(2,3)15(12,13)7-5-4-6(14-7)8(10)11;9-8(10)11-6-7-4-2-1-3-5-7/h4-5H,1-3H3,(H,10,11);1-5H,6H2,(H3,9,10). The van der Waals surface area contributed by atoms with Gasteiger partial charge in [0.25, 0.3) is 0 Å². The van der Waals surface area contributed by atoms with Gasteiger partial charge in [0.05, 0.1) is 4.75 Å². The summed E-state index contributed by atoms with van der Waals surface area (Å²) in [7, 11) is -3.43. The van der Waals surface area contributed by atoms with Crippen LogP contribution in [-0.2, 0) is 15.6 Å². The van der Waals surface area contributed by atoms with Crippen LogP contribution in [0, 0.1) is 5.41 Å². The first-order chi connectivity index (χ1) is 11.9. The summed E-state index contributed by atoms with van der Waals surface area (Å²) in [5, 5.41) is 15.8. The van der Waals surface area contributed by atoms with Gasteiger partial charge in [-0.3, -0.25) is 5.41 Å². The summed E-state index contributed by atoms with van der Waals surface area (Å²) in [5.41, 5.74) is 6.39. The highest BCUT2D eigenvalue weighted by Gasteiger charge is 2.32. The van der Waals surface area contributed by atoms with Crippen molar-refractivity contribution >= 4 is 44.1 Å². The molecule has 2 rings (SSSR count). The summed E-state index contributed by atoms with van der Waals surface area (Å²) >= 11 is 2.13. The van der Waals surface area contributed by atoms with Crippen molar-refractivity contribution in [3.63, 3.8) is 0 Å². The van der Waals surface area contributed by atoms with E-state index in [2.05, 4.69) is 0 Å². The molecule has 2 aromatic rings. The Morgan fingerprint density at radius 1 is 1.19 bits per heavy atom. The third-order valence-corrected chi connectivity index (χ3v) is 7.94. The molecule has 26 heavy (non-hydrogen) atoms. The van der Waals surface area contributed by atoms with Crippen LogP contribution in [0.3, 0.4) is 0 Å². The van der Waals surface area contributed by atoms with Crippen molar-refractivity contribution < 1.29 is 18.3 Å². The van der Waals surface area contributed by atoms with Crippen LogP contribution in [0.2, 0.25) is 0 Å². The second-order valence-electron chi connectivity index (χ2n) is 6.18. The first-order valence-corrected chi connectivity index (χ1v) is 10.8. The number of amidine groups is 1. The molecule has 0 saturated heterocycles. The number of benzene rings is 1. The minimum Gasteiger partial charge on any atom is -0.477 e. The second kappa shape index (κ2) is 9.20. The van der Waals surface area contributed by atoms with Crippen molar-refractivity contribution in [2.75, 3.05) is 0 Å². The Labute approximate surface area is 161 Å². The van der Waals surface area contributed by atoms with Crippen molar-refractivity contribution in [3.05, 3.63) is 52.9 Å². The fourth-order valence-electron chi connectivity index (χ4n) is 1.62. The number of thiophene rings is 1. The van der Waals surface area contributed by atoms with E-state index in [-0.39, 0.29) is 14.3 Å². The van der Waals surface area contributed by atoms with Gasteiger partial charge in [0.1, 0.15) is 9.09 Å². The lowest BCUT2D eigenvalue weighted by molar-refractivity contribution is 0.0702. The van der Waals surface area contributed by atoms with Crippen LogP contribution >= 0.6 is 23.1 Å². The Bertz CT molecular complexity index is 854. The number of hydrogen-bond donors (Lipinski definition) is 3. The molecule has 1 aromatic heterocycles. The molecule has 0 atom stereocenters. The highest BCUT2D eigenvalue weighted by atomic mass is 32.2. The first kappa shape index (κ1) is 22.2. The zero-order valence-corrected chi connectivity index (χ0v) is 17.2. The third kappa shape index (κ3) is 6.47. The van der Waals surface area contributed by atoms with E-state index in [9.17, 15) is 13.2 Å². The van der Waals surface area contributed by atoms with E-state index in [1.54, 1.807) is 20.8 Å². The van der Waals surface area contributed by atoms with Gasteiger partial charge in [-0.05, 0) is 38.5 Å². The average molecular weight is 415 g/mol. The van der Waals surface area contributed by atoms with Gasteiger partial charge in [0.15, 0.2) is 15.0 Å². The van der Waals surface area contributed by atoms with Gasteiger partial charge in [-0.2, -0.15) is 0 Å². The number of carboxylic acids is 1. The van der Waals surface area contributed by atoms with Crippen LogP contribution in [0.5, 0.6) is 0 Å². The molecule has 9 heteroatoms. The molecule has 0 radical (unpaired) electrons. The van der Waals surface area contributed by atoms with Crippen molar-refractivity contribution in [1.82, 2.24) is 0 Å². The van der Waals surface area contributed by atoms with E-state index in [1.807, 2.05) is 30.3 Å². The Kier molecular flexibility index (Phi) is 7.86. The SMILES string of the molecule is CC(C)(C)S(=O)(=O)c1ccc(C(=O)O)s1.N=C(N)SCc1ccccc1. The van der Waals surface area contributed by atoms with Crippen LogP contribution in [0.4, 0.5) is 0 Å². The normalized spacial score (nSPS) is 11.3. The Balaban J connectivity index is 0.000000273. The largest absolute Gasteiger partial charge is 0.477 e. The maximum Gasteiger partial charge on any atom is 0.345 e. The van der Waals surface area contributed by atoms with Crippen LogP contribution in [0.15, 0.2) is 46.7 Å². The first-order valence-electron chi connectivity index (χ1n) is 7.53. The average Bonchev–Trinajstić information content (AvgIpc) is 3.04. The monoisotopic (exact) mass is 414 g/mol. The molecule has 0 bridgehead atoms. The molecule has 0 aliphatic rings. The molecule has 0 aliphatic heterocycles. The maximum absolute atomic E-state index is 11.9. The minimum absolute atomic E-state index is 0.0397.